The molecule has 0 saturated carbocycles. The van der Waals surface area contributed by atoms with Crippen molar-refractivity contribution in [1.29, 1.82) is 0 Å². The van der Waals surface area contributed by atoms with E-state index < -0.39 is 0 Å². The number of hydrogen-bond donors (Lipinski definition) is 1. The predicted octanol–water partition coefficient (Wildman–Crippen LogP) is 4.20. The molecule has 1 aromatic carbocycles. The molecule has 0 aliphatic heterocycles. The number of pyridine rings is 1. The molecule has 1 unspecified atom stereocenters. The van der Waals surface area contributed by atoms with Crippen LogP contribution in [0.25, 0.3) is 5.69 Å². The van der Waals surface area contributed by atoms with Crippen molar-refractivity contribution in [2.24, 2.45) is 0 Å². The molecule has 3 rings (SSSR count). The molecule has 106 valence electrons. The van der Waals surface area contributed by atoms with E-state index in [2.05, 4.69) is 62.5 Å². The molecule has 0 aliphatic rings. The van der Waals surface area contributed by atoms with E-state index in [0.717, 1.165) is 15.8 Å². The molecular formula is C16H15BrN4. The normalized spacial score (nSPS) is 12.1. The quantitative estimate of drug-likeness (QED) is 0.772. The topological polar surface area (TPSA) is 42.7 Å². The molecule has 21 heavy (non-hydrogen) atoms. The SMILES string of the molecule is CC(Nc1cncc(Br)c1)c1ccc(-n2cccn2)cc1. The van der Waals surface area contributed by atoms with E-state index in [-0.39, 0.29) is 6.04 Å². The van der Waals surface area contributed by atoms with Gasteiger partial charge in [0.1, 0.15) is 0 Å². The first kappa shape index (κ1) is 13.8. The van der Waals surface area contributed by atoms with Crippen LogP contribution in [0.3, 0.4) is 0 Å². The molecule has 5 heteroatoms. The molecule has 0 fully saturated rings. The van der Waals surface area contributed by atoms with Gasteiger partial charge in [0, 0.05) is 29.1 Å². The standard InChI is InChI=1S/C16H15BrN4/c1-12(20-15-9-14(17)10-18-11-15)13-3-5-16(6-4-13)21-8-2-7-19-21/h2-12,20H,1H3. The summed E-state index contributed by atoms with van der Waals surface area (Å²) in [5, 5.41) is 7.66. The van der Waals surface area contributed by atoms with Gasteiger partial charge < -0.3 is 5.32 Å². The maximum Gasteiger partial charge on any atom is 0.0645 e. The largest absolute Gasteiger partial charge is 0.377 e. The summed E-state index contributed by atoms with van der Waals surface area (Å²) in [6.07, 6.45) is 7.30. The van der Waals surface area contributed by atoms with E-state index in [1.54, 1.807) is 12.4 Å². The Morgan fingerprint density at radius 3 is 2.67 bits per heavy atom. The minimum absolute atomic E-state index is 0.202. The van der Waals surface area contributed by atoms with Crippen LogP contribution in [0.1, 0.15) is 18.5 Å². The van der Waals surface area contributed by atoms with Crippen LogP contribution in [0, 0.1) is 0 Å². The summed E-state index contributed by atoms with van der Waals surface area (Å²) in [5.41, 5.74) is 3.26. The van der Waals surface area contributed by atoms with Gasteiger partial charge in [-0.15, -0.1) is 0 Å². The first-order chi connectivity index (χ1) is 10.2. The first-order valence-electron chi connectivity index (χ1n) is 6.69. The second-order valence-corrected chi connectivity index (χ2v) is 5.72. The van der Waals surface area contributed by atoms with E-state index in [9.17, 15) is 0 Å². The second-order valence-electron chi connectivity index (χ2n) is 4.80. The van der Waals surface area contributed by atoms with E-state index >= 15 is 0 Å². The zero-order valence-corrected chi connectivity index (χ0v) is 13.2. The van der Waals surface area contributed by atoms with Gasteiger partial charge in [0.25, 0.3) is 0 Å². The average molecular weight is 343 g/mol. The van der Waals surface area contributed by atoms with Gasteiger partial charge in [-0.25, -0.2) is 4.68 Å². The minimum atomic E-state index is 0.202. The molecule has 0 amide bonds. The number of hydrogen-bond acceptors (Lipinski definition) is 3. The van der Waals surface area contributed by atoms with Gasteiger partial charge in [0.05, 0.1) is 17.6 Å². The molecule has 0 bridgehead atoms. The van der Waals surface area contributed by atoms with Gasteiger partial charge in [-0.3, -0.25) is 4.98 Å². The lowest BCUT2D eigenvalue weighted by molar-refractivity contribution is 0.863. The Morgan fingerprint density at radius 1 is 1.19 bits per heavy atom. The van der Waals surface area contributed by atoms with E-state index in [4.69, 9.17) is 0 Å². The highest BCUT2D eigenvalue weighted by molar-refractivity contribution is 9.10. The third-order valence-corrected chi connectivity index (χ3v) is 3.68. The Kier molecular flexibility index (Phi) is 4.01. The van der Waals surface area contributed by atoms with Crippen LogP contribution in [-0.2, 0) is 0 Å². The van der Waals surface area contributed by atoms with Crippen LogP contribution >= 0.6 is 15.9 Å². The molecule has 4 nitrogen and oxygen atoms in total. The van der Waals surface area contributed by atoms with Gasteiger partial charge in [0.2, 0.25) is 0 Å². The number of rotatable bonds is 4. The van der Waals surface area contributed by atoms with Crippen LogP contribution < -0.4 is 5.32 Å². The number of nitrogens with one attached hydrogen (secondary N) is 1. The van der Waals surface area contributed by atoms with Crippen LogP contribution in [-0.4, -0.2) is 14.8 Å². The Labute approximate surface area is 132 Å². The van der Waals surface area contributed by atoms with Gasteiger partial charge >= 0.3 is 0 Å². The summed E-state index contributed by atoms with van der Waals surface area (Å²) < 4.78 is 2.81. The Bertz CT molecular complexity index is 707. The van der Waals surface area contributed by atoms with Crippen molar-refractivity contribution in [2.75, 3.05) is 5.32 Å². The van der Waals surface area contributed by atoms with Crippen molar-refractivity contribution in [3.8, 4) is 5.69 Å². The van der Waals surface area contributed by atoms with Gasteiger partial charge in [0.15, 0.2) is 0 Å². The highest BCUT2D eigenvalue weighted by Gasteiger charge is 2.06. The Hall–Kier alpha value is -2.14. The molecule has 0 radical (unpaired) electrons. The summed E-state index contributed by atoms with van der Waals surface area (Å²) in [6, 6.07) is 12.5. The number of aromatic nitrogens is 3. The summed E-state index contributed by atoms with van der Waals surface area (Å²) >= 11 is 3.43. The van der Waals surface area contributed by atoms with E-state index in [1.165, 1.54) is 5.56 Å². The molecular weight excluding hydrogens is 328 g/mol. The molecule has 3 aromatic rings. The summed E-state index contributed by atoms with van der Waals surface area (Å²) in [7, 11) is 0. The zero-order chi connectivity index (χ0) is 14.7. The maximum atomic E-state index is 4.23. The van der Waals surface area contributed by atoms with Crippen LogP contribution in [0.4, 0.5) is 5.69 Å². The van der Waals surface area contributed by atoms with Gasteiger partial charge in [-0.1, -0.05) is 12.1 Å². The lowest BCUT2D eigenvalue weighted by atomic mass is 10.1. The van der Waals surface area contributed by atoms with Gasteiger partial charge in [-0.05, 0) is 52.7 Å². The highest BCUT2D eigenvalue weighted by Crippen LogP contribution is 2.21. The molecule has 1 atom stereocenters. The van der Waals surface area contributed by atoms with Crippen molar-refractivity contribution in [2.45, 2.75) is 13.0 Å². The van der Waals surface area contributed by atoms with Crippen molar-refractivity contribution < 1.29 is 0 Å². The molecule has 2 aromatic heterocycles. The van der Waals surface area contributed by atoms with Crippen molar-refractivity contribution >= 4 is 21.6 Å². The van der Waals surface area contributed by atoms with E-state index in [0.29, 0.717) is 0 Å². The molecule has 1 N–H and O–H groups in total. The fraction of sp³-hybridized carbons (Fsp3) is 0.125. The molecule has 0 aliphatic carbocycles. The lowest BCUT2D eigenvalue weighted by Crippen LogP contribution is -2.07. The fourth-order valence-corrected chi connectivity index (χ4v) is 2.53. The second kappa shape index (κ2) is 6.10. The average Bonchev–Trinajstić information content (AvgIpc) is 3.01. The minimum Gasteiger partial charge on any atom is -0.377 e. The lowest BCUT2D eigenvalue weighted by Gasteiger charge is -2.16. The highest BCUT2D eigenvalue weighted by atomic mass is 79.9. The van der Waals surface area contributed by atoms with Crippen LogP contribution in [0.5, 0.6) is 0 Å². The van der Waals surface area contributed by atoms with Crippen molar-refractivity contribution in [1.82, 2.24) is 14.8 Å². The monoisotopic (exact) mass is 342 g/mol. The Balaban J connectivity index is 1.74. The number of nitrogens with zero attached hydrogens (tertiary/aromatic N) is 3. The summed E-state index contributed by atoms with van der Waals surface area (Å²) in [4.78, 5) is 4.16. The number of benzene rings is 1. The number of anilines is 1. The fourth-order valence-electron chi connectivity index (χ4n) is 2.16. The summed E-state index contributed by atoms with van der Waals surface area (Å²) in [5.74, 6) is 0. The third kappa shape index (κ3) is 3.31. The van der Waals surface area contributed by atoms with Gasteiger partial charge in [-0.2, -0.15) is 5.10 Å². The first-order valence-corrected chi connectivity index (χ1v) is 7.49. The maximum absolute atomic E-state index is 4.23. The molecule has 0 spiro atoms. The Morgan fingerprint density at radius 2 is 2.00 bits per heavy atom. The van der Waals surface area contributed by atoms with Crippen LogP contribution in [0.2, 0.25) is 0 Å². The van der Waals surface area contributed by atoms with E-state index in [1.807, 2.05) is 29.2 Å². The molecule has 2 heterocycles. The number of halogens is 1. The molecule has 0 saturated heterocycles. The van der Waals surface area contributed by atoms with Crippen molar-refractivity contribution in [3.63, 3.8) is 0 Å². The van der Waals surface area contributed by atoms with Crippen molar-refractivity contribution in [3.05, 3.63) is 71.2 Å². The van der Waals surface area contributed by atoms with Crippen LogP contribution in [0.15, 0.2) is 65.7 Å². The third-order valence-electron chi connectivity index (χ3n) is 3.25. The smallest absolute Gasteiger partial charge is 0.0645 e. The predicted molar refractivity (Wildman–Crippen MR) is 87.5 cm³/mol. The zero-order valence-electron chi connectivity index (χ0n) is 11.6. The summed E-state index contributed by atoms with van der Waals surface area (Å²) in [6.45, 7) is 2.13.